The molecule has 0 bridgehead atoms. The summed E-state index contributed by atoms with van der Waals surface area (Å²) >= 11 is 1.54. The highest BCUT2D eigenvalue weighted by Gasteiger charge is 2.23. The van der Waals surface area contributed by atoms with Crippen molar-refractivity contribution in [2.75, 3.05) is 6.54 Å². The summed E-state index contributed by atoms with van der Waals surface area (Å²) in [5, 5.41) is 9.25. The molecule has 3 rings (SSSR count). The topological polar surface area (TPSA) is 73.2 Å². The van der Waals surface area contributed by atoms with Crippen LogP contribution < -0.4 is 5.32 Å². The molecule has 0 spiro atoms. The molecule has 0 unspecified atom stereocenters. The van der Waals surface area contributed by atoms with Crippen molar-refractivity contribution in [3.63, 3.8) is 0 Å². The summed E-state index contributed by atoms with van der Waals surface area (Å²) in [5.74, 6) is -0.900. The van der Waals surface area contributed by atoms with E-state index in [-0.39, 0.29) is 11.6 Å². The number of ether oxygens (including phenoxy) is 1. The van der Waals surface area contributed by atoms with Crippen molar-refractivity contribution in [1.29, 1.82) is 0 Å². The Hall–Kier alpha value is -2.93. The molecular weight excluding hydrogens is 362 g/mol. The van der Waals surface area contributed by atoms with E-state index in [2.05, 4.69) is 10.4 Å². The Bertz CT molecular complexity index is 904. The number of thiophene rings is 1. The third kappa shape index (κ3) is 4.43. The predicted octanol–water partition coefficient (Wildman–Crippen LogP) is 3.67. The van der Waals surface area contributed by atoms with E-state index in [9.17, 15) is 9.59 Å². The second-order valence-electron chi connectivity index (χ2n) is 5.98. The van der Waals surface area contributed by atoms with Crippen LogP contribution in [0, 0.1) is 0 Å². The number of amides is 1. The summed E-state index contributed by atoms with van der Waals surface area (Å²) in [5.41, 5.74) is 1.71. The van der Waals surface area contributed by atoms with Crippen LogP contribution in [0.2, 0.25) is 0 Å². The van der Waals surface area contributed by atoms with Gasteiger partial charge in [0, 0.05) is 12.6 Å². The van der Waals surface area contributed by atoms with Crippen LogP contribution in [0.25, 0.3) is 16.3 Å². The summed E-state index contributed by atoms with van der Waals surface area (Å²) < 4.78 is 6.93. The van der Waals surface area contributed by atoms with Crippen LogP contribution in [0.5, 0.6) is 0 Å². The van der Waals surface area contributed by atoms with E-state index in [0.29, 0.717) is 12.2 Å². The van der Waals surface area contributed by atoms with Crippen molar-refractivity contribution in [1.82, 2.24) is 15.1 Å². The second kappa shape index (κ2) is 8.64. The number of hydrogen-bond donors (Lipinski definition) is 1. The summed E-state index contributed by atoms with van der Waals surface area (Å²) in [4.78, 5) is 25.7. The largest absolute Gasteiger partial charge is 0.448 e. The zero-order valence-corrected chi connectivity index (χ0v) is 16.0. The molecule has 1 N–H and O–H groups in total. The molecular formula is C20H21N3O3S. The lowest BCUT2D eigenvalue weighted by atomic mass is 10.3. The van der Waals surface area contributed by atoms with Crippen LogP contribution >= 0.6 is 11.3 Å². The molecule has 0 radical (unpaired) electrons. The molecule has 0 aliphatic heterocycles. The molecule has 140 valence electrons. The van der Waals surface area contributed by atoms with E-state index >= 15 is 0 Å². The van der Waals surface area contributed by atoms with Crippen molar-refractivity contribution < 1.29 is 14.3 Å². The highest BCUT2D eigenvalue weighted by molar-refractivity contribution is 7.13. The number of carbonyl (C=O) groups excluding carboxylic acids is 2. The number of nitrogens with one attached hydrogen (secondary N) is 1. The molecule has 1 atom stereocenters. The third-order valence-corrected chi connectivity index (χ3v) is 4.79. The zero-order valence-electron chi connectivity index (χ0n) is 15.2. The number of hydrogen-bond acceptors (Lipinski definition) is 5. The van der Waals surface area contributed by atoms with E-state index in [1.165, 1.54) is 0 Å². The van der Waals surface area contributed by atoms with Gasteiger partial charge in [0.25, 0.3) is 5.91 Å². The van der Waals surface area contributed by atoms with E-state index in [0.717, 1.165) is 17.0 Å². The Balaban J connectivity index is 1.89. The van der Waals surface area contributed by atoms with Crippen LogP contribution in [0.4, 0.5) is 0 Å². The van der Waals surface area contributed by atoms with Gasteiger partial charge in [0.05, 0.1) is 10.6 Å². The standard InChI is InChI=1S/C20H21N3O3S/c1-3-11-21-19(24)14(2)26-20(25)17-13-16(18-10-7-12-27-18)22-23(17)15-8-5-4-6-9-15/h4-10,12-14H,3,11H2,1-2H3,(H,21,24)/t14-/m0/s1. The quantitative estimate of drug-likeness (QED) is 0.632. The molecule has 0 fully saturated rings. The van der Waals surface area contributed by atoms with E-state index < -0.39 is 12.1 Å². The Kier molecular flexibility index (Phi) is 6.03. The molecule has 2 aromatic heterocycles. The SMILES string of the molecule is CCCNC(=O)[C@H](C)OC(=O)c1cc(-c2cccs2)nn1-c1ccccc1. The lowest BCUT2D eigenvalue weighted by Crippen LogP contribution is -2.36. The molecule has 0 saturated carbocycles. The van der Waals surface area contributed by atoms with Gasteiger partial charge in [-0.1, -0.05) is 31.2 Å². The summed E-state index contributed by atoms with van der Waals surface area (Å²) in [6, 6.07) is 14.9. The molecule has 27 heavy (non-hydrogen) atoms. The molecule has 3 aromatic rings. The third-order valence-electron chi connectivity index (χ3n) is 3.90. The number of esters is 1. The lowest BCUT2D eigenvalue weighted by Gasteiger charge is -2.13. The first-order valence-corrected chi connectivity index (χ1v) is 9.66. The Morgan fingerprint density at radius 3 is 2.67 bits per heavy atom. The van der Waals surface area contributed by atoms with Gasteiger partial charge in [-0.2, -0.15) is 5.10 Å². The van der Waals surface area contributed by atoms with Gasteiger partial charge in [-0.15, -0.1) is 11.3 Å². The normalized spacial score (nSPS) is 11.8. The van der Waals surface area contributed by atoms with Crippen LogP contribution in [0.3, 0.4) is 0 Å². The van der Waals surface area contributed by atoms with Crippen LogP contribution in [-0.2, 0) is 9.53 Å². The molecule has 0 aliphatic rings. The average molecular weight is 383 g/mol. The first-order valence-electron chi connectivity index (χ1n) is 8.78. The number of benzene rings is 1. The Morgan fingerprint density at radius 2 is 2.00 bits per heavy atom. The van der Waals surface area contributed by atoms with Crippen LogP contribution in [-0.4, -0.2) is 34.3 Å². The van der Waals surface area contributed by atoms with Gasteiger partial charge < -0.3 is 10.1 Å². The summed E-state index contributed by atoms with van der Waals surface area (Å²) in [6.45, 7) is 4.07. The molecule has 7 heteroatoms. The van der Waals surface area contributed by atoms with Crippen molar-refractivity contribution in [2.45, 2.75) is 26.4 Å². The predicted molar refractivity (Wildman–Crippen MR) is 105 cm³/mol. The number of para-hydroxylation sites is 1. The molecule has 6 nitrogen and oxygen atoms in total. The summed E-state index contributed by atoms with van der Waals surface area (Å²) in [6.07, 6.45) is -0.0643. The molecule has 0 aliphatic carbocycles. The van der Waals surface area contributed by atoms with Gasteiger partial charge >= 0.3 is 5.97 Å². The molecule has 0 saturated heterocycles. The number of nitrogens with zero attached hydrogens (tertiary/aromatic N) is 2. The minimum atomic E-state index is -0.881. The zero-order chi connectivity index (χ0) is 19.2. The lowest BCUT2D eigenvalue weighted by molar-refractivity contribution is -0.129. The van der Waals surface area contributed by atoms with Crippen molar-refractivity contribution in [2.24, 2.45) is 0 Å². The first kappa shape index (κ1) is 18.8. The molecule has 2 heterocycles. The van der Waals surface area contributed by atoms with Gasteiger partial charge in [0.2, 0.25) is 0 Å². The number of aromatic nitrogens is 2. The van der Waals surface area contributed by atoms with Crippen molar-refractivity contribution in [3.8, 4) is 16.3 Å². The fourth-order valence-electron chi connectivity index (χ4n) is 2.50. The number of carbonyl (C=O) groups is 2. The number of rotatable bonds is 7. The van der Waals surface area contributed by atoms with E-state index in [1.54, 1.807) is 29.0 Å². The Morgan fingerprint density at radius 1 is 1.22 bits per heavy atom. The van der Waals surface area contributed by atoms with Gasteiger partial charge in [-0.3, -0.25) is 4.79 Å². The van der Waals surface area contributed by atoms with Crippen molar-refractivity contribution >= 4 is 23.2 Å². The van der Waals surface area contributed by atoms with Gasteiger partial charge in [-0.25, -0.2) is 9.48 Å². The second-order valence-corrected chi connectivity index (χ2v) is 6.93. The van der Waals surface area contributed by atoms with E-state index in [4.69, 9.17) is 4.74 Å². The highest BCUT2D eigenvalue weighted by Crippen LogP contribution is 2.26. The minimum Gasteiger partial charge on any atom is -0.448 e. The van der Waals surface area contributed by atoms with Crippen LogP contribution in [0.1, 0.15) is 30.8 Å². The maximum absolute atomic E-state index is 12.8. The molecule has 1 aromatic carbocycles. The van der Waals surface area contributed by atoms with Gasteiger partial charge in [-0.05, 0) is 36.9 Å². The van der Waals surface area contributed by atoms with Crippen molar-refractivity contribution in [3.05, 3.63) is 59.6 Å². The average Bonchev–Trinajstić information content (AvgIpc) is 3.36. The van der Waals surface area contributed by atoms with Gasteiger partial charge in [0.1, 0.15) is 5.69 Å². The minimum absolute atomic E-state index is 0.278. The van der Waals surface area contributed by atoms with Crippen LogP contribution in [0.15, 0.2) is 53.9 Å². The Labute approximate surface area is 161 Å². The smallest absolute Gasteiger partial charge is 0.357 e. The van der Waals surface area contributed by atoms with Gasteiger partial charge in [0.15, 0.2) is 11.8 Å². The first-order chi connectivity index (χ1) is 13.1. The fraction of sp³-hybridized carbons (Fsp3) is 0.250. The van der Waals surface area contributed by atoms with E-state index in [1.807, 2.05) is 54.8 Å². The fourth-order valence-corrected chi connectivity index (χ4v) is 3.18. The maximum atomic E-state index is 12.8. The highest BCUT2D eigenvalue weighted by atomic mass is 32.1. The molecule has 1 amide bonds. The monoisotopic (exact) mass is 383 g/mol. The summed E-state index contributed by atoms with van der Waals surface area (Å²) in [7, 11) is 0. The maximum Gasteiger partial charge on any atom is 0.357 e.